The molecule has 0 saturated carbocycles. The van der Waals surface area contributed by atoms with Gasteiger partial charge < -0.3 is 15.5 Å². The maximum absolute atomic E-state index is 11.6. The van der Waals surface area contributed by atoms with Crippen LogP contribution in [0.4, 0.5) is 0 Å². The Bertz CT molecular complexity index is 219. The van der Waals surface area contributed by atoms with Crippen LogP contribution in [0.25, 0.3) is 0 Å². The Balaban J connectivity index is 3.90. The lowest BCUT2D eigenvalue weighted by atomic mass is 10.3. The zero-order valence-corrected chi connectivity index (χ0v) is 10.6. The average Bonchev–Trinajstić information content (AvgIpc) is 2.10. The van der Waals surface area contributed by atoms with Gasteiger partial charge in [-0.05, 0) is 34.0 Å². The number of carbonyl (C=O) groups excluding carboxylic acids is 1. The minimum Gasteiger partial charge on any atom is -0.393 e. The van der Waals surface area contributed by atoms with Crippen molar-refractivity contribution >= 4 is 23.1 Å². The van der Waals surface area contributed by atoms with Gasteiger partial charge in [0.1, 0.15) is 0 Å². The summed E-state index contributed by atoms with van der Waals surface area (Å²) in [6.45, 7) is 4.44. The molecule has 0 spiro atoms. The minimum absolute atomic E-state index is 0.0313. The van der Waals surface area contributed by atoms with E-state index in [0.717, 1.165) is 26.1 Å². The number of carbonyl (C=O) groups is 1. The molecule has 0 aromatic carbocycles. The van der Waals surface area contributed by atoms with E-state index in [-0.39, 0.29) is 17.3 Å². The summed E-state index contributed by atoms with van der Waals surface area (Å²) in [7, 11) is 4.04. The van der Waals surface area contributed by atoms with Gasteiger partial charge in [0.15, 0.2) is 0 Å². The van der Waals surface area contributed by atoms with Crippen LogP contribution in [0.3, 0.4) is 0 Å². The third-order valence-electron chi connectivity index (χ3n) is 2.09. The number of amides is 1. The van der Waals surface area contributed by atoms with E-state index in [0.29, 0.717) is 0 Å². The Morgan fingerprint density at radius 2 is 1.93 bits per heavy atom. The third-order valence-corrected chi connectivity index (χ3v) is 2.24. The molecule has 1 amide bonds. The molecule has 0 saturated heterocycles. The second-order valence-electron chi connectivity index (χ2n) is 3.77. The molecule has 0 unspecified atom stereocenters. The molecule has 2 N–H and O–H groups in total. The fourth-order valence-electron chi connectivity index (χ4n) is 1.30. The van der Waals surface area contributed by atoms with Crippen molar-refractivity contribution in [2.45, 2.75) is 19.8 Å². The predicted molar refractivity (Wildman–Crippen MR) is 66.8 cm³/mol. The zero-order chi connectivity index (χ0) is 11.8. The largest absolute Gasteiger partial charge is 0.393 e. The minimum atomic E-state index is 0.0313. The number of hydrogen-bond donors (Lipinski definition) is 1. The maximum atomic E-state index is 11.6. The summed E-state index contributed by atoms with van der Waals surface area (Å²) in [5.74, 6) is 0.0313. The zero-order valence-electron chi connectivity index (χ0n) is 9.82. The van der Waals surface area contributed by atoms with Gasteiger partial charge in [0, 0.05) is 13.1 Å². The van der Waals surface area contributed by atoms with Crippen LogP contribution in [0.2, 0.25) is 0 Å². The maximum Gasteiger partial charge on any atom is 0.229 e. The molecule has 0 aromatic rings. The molecule has 0 aliphatic carbocycles. The molecule has 5 heteroatoms. The summed E-state index contributed by atoms with van der Waals surface area (Å²) in [5.41, 5.74) is 5.34. The molecule has 0 bridgehead atoms. The van der Waals surface area contributed by atoms with Crippen molar-refractivity contribution in [1.29, 1.82) is 0 Å². The van der Waals surface area contributed by atoms with Crippen LogP contribution in [0, 0.1) is 0 Å². The molecule has 88 valence electrons. The second-order valence-corrected chi connectivity index (χ2v) is 4.30. The Hall–Kier alpha value is -0.680. The Morgan fingerprint density at radius 3 is 2.33 bits per heavy atom. The van der Waals surface area contributed by atoms with Crippen LogP contribution in [0.1, 0.15) is 19.8 Å². The fourth-order valence-corrected chi connectivity index (χ4v) is 1.42. The van der Waals surface area contributed by atoms with Crippen LogP contribution in [0.5, 0.6) is 0 Å². The van der Waals surface area contributed by atoms with Crippen LogP contribution in [0.15, 0.2) is 0 Å². The second kappa shape index (κ2) is 7.59. The van der Waals surface area contributed by atoms with Gasteiger partial charge in [0.25, 0.3) is 0 Å². The lowest BCUT2D eigenvalue weighted by Crippen LogP contribution is -2.35. The summed E-state index contributed by atoms with van der Waals surface area (Å²) in [5, 5.41) is 0. The van der Waals surface area contributed by atoms with Gasteiger partial charge in [-0.25, -0.2) is 0 Å². The first-order valence-electron chi connectivity index (χ1n) is 5.18. The van der Waals surface area contributed by atoms with Crippen LogP contribution >= 0.6 is 12.2 Å². The van der Waals surface area contributed by atoms with E-state index in [1.165, 1.54) is 0 Å². The number of nitrogens with zero attached hydrogens (tertiary/aromatic N) is 2. The smallest absolute Gasteiger partial charge is 0.229 e. The van der Waals surface area contributed by atoms with E-state index in [1.54, 1.807) is 4.90 Å². The van der Waals surface area contributed by atoms with Crippen molar-refractivity contribution in [3.63, 3.8) is 0 Å². The lowest BCUT2D eigenvalue weighted by Gasteiger charge is -2.21. The molecule has 0 aromatic heterocycles. The lowest BCUT2D eigenvalue weighted by molar-refractivity contribution is -0.129. The van der Waals surface area contributed by atoms with Crippen molar-refractivity contribution in [3.05, 3.63) is 0 Å². The van der Waals surface area contributed by atoms with Crippen molar-refractivity contribution in [2.24, 2.45) is 5.73 Å². The first kappa shape index (κ1) is 14.3. The number of thiocarbonyl (C=S) groups is 1. The van der Waals surface area contributed by atoms with E-state index in [1.807, 2.05) is 21.0 Å². The van der Waals surface area contributed by atoms with E-state index < -0.39 is 0 Å². The van der Waals surface area contributed by atoms with E-state index in [4.69, 9.17) is 18.0 Å². The van der Waals surface area contributed by atoms with E-state index in [2.05, 4.69) is 4.90 Å². The molecule has 4 nitrogen and oxygen atoms in total. The van der Waals surface area contributed by atoms with Gasteiger partial charge in [-0.1, -0.05) is 12.2 Å². The first-order valence-corrected chi connectivity index (χ1v) is 5.59. The van der Waals surface area contributed by atoms with Gasteiger partial charge >= 0.3 is 0 Å². The topological polar surface area (TPSA) is 49.6 Å². The van der Waals surface area contributed by atoms with Crippen molar-refractivity contribution in [1.82, 2.24) is 9.80 Å². The molecule has 0 aliphatic heterocycles. The van der Waals surface area contributed by atoms with Gasteiger partial charge in [0.05, 0.1) is 11.4 Å². The molecule has 0 atom stereocenters. The van der Waals surface area contributed by atoms with E-state index in [9.17, 15) is 4.79 Å². The van der Waals surface area contributed by atoms with Crippen molar-refractivity contribution < 1.29 is 4.79 Å². The number of nitrogens with two attached hydrogens (primary N) is 1. The molecular formula is C10H21N3OS. The van der Waals surface area contributed by atoms with Gasteiger partial charge in [-0.2, -0.15) is 0 Å². The van der Waals surface area contributed by atoms with E-state index >= 15 is 0 Å². The molecule has 0 radical (unpaired) electrons. The molecule has 0 aliphatic rings. The van der Waals surface area contributed by atoms with Gasteiger partial charge in [0.2, 0.25) is 5.91 Å². The van der Waals surface area contributed by atoms with Crippen molar-refractivity contribution in [2.75, 3.05) is 33.7 Å². The average molecular weight is 231 g/mol. The number of rotatable bonds is 7. The van der Waals surface area contributed by atoms with Crippen LogP contribution in [-0.2, 0) is 4.79 Å². The normalized spacial score (nSPS) is 10.4. The molecule has 0 heterocycles. The Kier molecular flexibility index (Phi) is 7.25. The quantitative estimate of drug-likeness (QED) is 0.647. The van der Waals surface area contributed by atoms with Gasteiger partial charge in [-0.15, -0.1) is 0 Å². The highest BCUT2D eigenvalue weighted by Gasteiger charge is 2.11. The van der Waals surface area contributed by atoms with Crippen LogP contribution in [-0.4, -0.2) is 54.4 Å². The molecule has 0 rings (SSSR count). The van der Waals surface area contributed by atoms with Gasteiger partial charge in [-0.3, -0.25) is 4.79 Å². The molecule has 0 fully saturated rings. The third kappa shape index (κ3) is 7.27. The SMILES string of the molecule is CCN(CCCN(C)C)C(=O)CC(N)=S. The standard InChI is InChI=1S/C10H21N3OS/c1-4-13(7-5-6-12(2)3)10(14)8-9(11)15/h4-8H2,1-3H3,(H2,11,15). The summed E-state index contributed by atoms with van der Waals surface area (Å²) in [4.78, 5) is 15.8. The Morgan fingerprint density at radius 1 is 1.33 bits per heavy atom. The fraction of sp³-hybridized carbons (Fsp3) is 0.800. The molecular weight excluding hydrogens is 210 g/mol. The summed E-state index contributed by atoms with van der Waals surface area (Å²) in [6, 6.07) is 0. The number of hydrogen-bond acceptors (Lipinski definition) is 3. The predicted octanol–water partition coefficient (Wildman–Crippen LogP) is 0.463. The molecule has 15 heavy (non-hydrogen) atoms. The summed E-state index contributed by atoms with van der Waals surface area (Å²) < 4.78 is 0. The highest BCUT2D eigenvalue weighted by Crippen LogP contribution is 1.97. The summed E-state index contributed by atoms with van der Waals surface area (Å²) >= 11 is 4.72. The monoisotopic (exact) mass is 231 g/mol. The Labute approximate surface area is 97.4 Å². The van der Waals surface area contributed by atoms with Crippen LogP contribution < -0.4 is 5.73 Å². The van der Waals surface area contributed by atoms with Crippen molar-refractivity contribution in [3.8, 4) is 0 Å². The highest BCUT2D eigenvalue weighted by atomic mass is 32.1. The first-order chi connectivity index (χ1) is 6.97. The highest BCUT2D eigenvalue weighted by molar-refractivity contribution is 7.80. The summed E-state index contributed by atoms with van der Waals surface area (Å²) in [6.07, 6.45) is 1.16.